The molecule has 56 heavy (non-hydrogen) atoms. The lowest BCUT2D eigenvalue weighted by Gasteiger charge is -2.28. The molecule has 7 aromatic carbocycles. The van der Waals surface area contributed by atoms with Crippen molar-refractivity contribution in [2.75, 3.05) is 0 Å². The maximum absolute atomic E-state index is 14.4. The Labute approximate surface area is 317 Å². The largest absolute Gasteiger partial charge is 0.378 e. The van der Waals surface area contributed by atoms with Gasteiger partial charge in [0.1, 0.15) is 21.1 Å². The highest BCUT2D eigenvalue weighted by Gasteiger charge is 2.40. The normalized spacial score (nSPS) is 14.9. The Morgan fingerprint density at radius 2 is 0.839 bits per heavy atom. The molecule has 278 valence electrons. The number of nitrogens with zero attached hydrogens (tertiary/aromatic N) is 4. The zero-order valence-electron chi connectivity index (χ0n) is 30.8. The summed E-state index contributed by atoms with van der Waals surface area (Å²) >= 11 is 0. The molecule has 0 N–H and O–H groups in total. The molecular formula is C42H30N4O8S2. The molecule has 0 unspecified atom stereocenters. The van der Waals surface area contributed by atoms with E-state index in [1.807, 2.05) is 41.5 Å². The molecule has 0 atom stereocenters. The van der Waals surface area contributed by atoms with Gasteiger partial charge in [-0.25, -0.2) is 9.97 Å². The van der Waals surface area contributed by atoms with Gasteiger partial charge in [-0.05, 0) is 48.5 Å². The van der Waals surface area contributed by atoms with Gasteiger partial charge >= 0.3 is 20.2 Å². The summed E-state index contributed by atoms with van der Waals surface area (Å²) in [5.74, 6) is -0.0979. The maximum atomic E-state index is 14.4. The van der Waals surface area contributed by atoms with E-state index in [0.29, 0.717) is 65.4 Å². The quantitative estimate of drug-likeness (QED) is 0.0831. The Kier molecular flexibility index (Phi) is 6.77. The number of aromatic nitrogens is 4. The Bertz CT molecular complexity index is 3890. The highest BCUT2D eigenvalue weighted by atomic mass is 32.2. The minimum absolute atomic E-state index is 0.0111. The van der Waals surface area contributed by atoms with Crippen molar-refractivity contribution in [2.24, 2.45) is 0 Å². The SMILES string of the molecule is CC.CC.CC.O=c1c2cc3c4c5c(cc6c(=O)n7c8ccccc8nc7c7cc8c(c9c(cc(c2c49)c2nc4ccccc4n12)OS8(=O)=O)c5c67)S(=O)(=O)O3. The van der Waals surface area contributed by atoms with Crippen LogP contribution in [0, 0.1) is 0 Å². The van der Waals surface area contributed by atoms with Gasteiger partial charge in [0, 0.05) is 53.9 Å². The van der Waals surface area contributed by atoms with Gasteiger partial charge in [-0.1, -0.05) is 65.8 Å². The molecule has 4 aromatic heterocycles. The monoisotopic (exact) mass is 782 g/mol. The van der Waals surface area contributed by atoms with Gasteiger partial charge in [0.2, 0.25) is 0 Å². The Balaban J connectivity index is 0.000000614. The molecule has 0 aliphatic carbocycles. The second-order valence-corrected chi connectivity index (χ2v) is 15.9. The molecule has 0 saturated carbocycles. The van der Waals surface area contributed by atoms with Crippen LogP contribution >= 0.6 is 0 Å². The average molecular weight is 783 g/mol. The molecule has 14 heteroatoms. The van der Waals surface area contributed by atoms with Gasteiger partial charge < -0.3 is 8.37 Å². The third kappa shape index (κ3) is 3.77. The van der Waals surface area contributed by atoms with Crippen LogP contribution in [0.15, 0.2) is 92.2 Å². The summed E-state index contributed by atoms with van der Waals surface area (Å²) in [6, 6.07) is 19.8. The zero-order valence-corrected chi connectivity index (χ0v) is 32.4. The number of rotatable bonds is 0. The summed E-state index contributed by atoms with van der Waals surface area (Å²) in [6.45, 7) is 12.0. The van der Waals surface area contributed by atoms with Crippen molar-refractivity contribution < 1.29 is 25.2 Å². The van der Waals surface area contributed by atoms with Crippen LogP contribution in [0.5, 0.6) is 11.5 Å². The third-order valence-electron chi connectivity index (χ3n) is 10.6. The minimum Gasteiger partial charge on any atom is -0.378 e. The second kappa shape index (κ2) is 11.1. The number of imidazole rings is 2. The van der Waals surface area contributed by atoms with Crippen LogP contribution in [0.4, 0.5) is 0 Å². The van der Waals surface area contributed by atoms with Gasteiger partial charge in [0.15, 0.2) is 11.5 Å². The molecule has 2 aliphatic heterocycles. The van der Waals surface area contributed by atoms with Gasteiger partial charge in [-0.2, -0.15) is 16.8 Å². The predicted octanol–water partition coefficient (Wildman–Crippen LogP) is 8.48. The fourth-order valence-electron chi connectivity index (χ4n) is 8.77. The van der Waals surface area contributed by atoms with Crippen molar-refractivity contribution in [3.63, 3.8) is 0 Å². The number of para-hydroxylation sites is 4. The van der Waals surface area contributed by atoms with Crippen LogP contribution in [0.3, 0.4) is 0 Å². The first-order valence-electron chi connectivity index (χ1n) is 18.4. The first kappa shape index (κ1) is 34.1. The summed E-state index contributed by atoms with van der Waals surface area (Å²) in [4.78, 5) is 37.8. The average Bonchev–Trinajstić information content (AvgIpc) is 3.80. The zero-order chi connectivity index (χ0) is 39.3. The van der Waals surface area contributed by atoms with Crippen LogP contribution in [0.1, 0.15) is 41.5 Å². The molecule has 13 rings (SSSR count). The Morgan fingerprint density at radius 3 is 1.32 bits per heavy atom. The summed E-state index contributed by atoms with van der Waals surface area (Å²) in [5.41, 5.74) is 1.63. The number of pyridine rings is 2. The predicted molar refractivity (Wildman–Crippen MR) is 220 cm³/mol. The first-order chi connectivity index (χ1) is 27.1. The Hall–Kier alpha value is -6.38. The lowest BCUT2D eigenvalue weighted by Crippen LogP contribution is -2.21. The van der Waals surface area contributed by atoms with Crippen LogP contribution in [0.25, 0.3) is 98.0 Å². The Morgan fingerprint density at radius 1 is 0.464 bits per heavy atom. The molecule has 6 heterocycles. The van der Waals surface area contributed by atoms with E-state index in [2.05, 4.69) is 0 Å². The van der Waals surface area contributed by atoms with Crippen LogP contribution < -0.4 is 19.5 Å². The lowest BCUT2D eigenvalue weighted by atomic mass is 9.85. The van der Waals surface area contributed by atoms with E-state index in [0.717, 1.165) is 0 Å². The van der Waals surface area contributed by atoms with Gasteiger partial charge in [-0.3, -0.25) is 18.4 Å². The summed E-state index contributed by atoms with van der Waals surface area (Å²) in [7, 11) is -9.11. The molecular weight excluding hydrogens is 753 g/mol. The molecule has 12 nitrogen and oxygen atoms in total. The van der Waals surface area contributed by atoms with E-state index < -0.39 is 31.4 Å². The van der Waals surface area contributed by atoms with Crippen LogP contribution in [-0.4, -0.2) is 35.6 Å². The van der Waals surface area contributed by atoms with Gasteiger partial charge in [-0.15, -0.1) is 0 Å². The van der Waals surface area contributed by atoms with Crippen molar-refractivity contribution in [1.29, 1.82) is 0 Å². The smallest absolute Gasteiger partial charge is 0.339 e. The maximum Gasteiger partial charge on any atom is 0.339 e. The third-order valence-corrected chi connectivity index (χ3v) is 13.1. The summed E-state index contributed by atoms with van der Waals surface area (Å²) in [6.07, 6.45) is 0. The van der Waals surface area contributed by atoms with Crippen molar-refractivity contribution in [1.82, 2.24) is 18.8 Å². The van der Waals surface area contributed by atoms with Crippen molar-refractivity contribution in [3.8, 4) is 11.5 Å². The highest BCUT2D eigenvalue weighted by Crippen LogP contribution is 2.57. The number of hydrogen-bond donors (Lipinski definition) is 0. The van der Waals surface area contributed by atoms with E-state index in [4.69, 9.17) is 18.3 Å². The summed E-state index contributed by atoms with van der Waals surface area (Å²) < 4.78 is 71.1. The minimum atomic E-state index is -4.59. The molecule has 0 bridgehead atoms. The molecule has 11 aromatic rings. The van der Waals surface area contributed by atoms with Crippen LogP contribution in [0.2, 0.25) is 0 Å². The molecule has 0 radical (unpaired) electrons. The fourth-order valence-corrected chi connectivity index (χ4v) is 11.1. The lowest BCUT2D eigenvalue weighted by molar-refractivity contribution is 0.487. The highest BCUT2D eigenvalue weighted by molar-refractivity contribution is 7.87. The molecule has 0 amide bonds. The molecule has 2 aliphatic rings. The van der Waals surface area contributed by atoms with E-state index in [1.54, 1.807) is 54.6 Å². The number of hydrogen-bond acceptors (Lipinski definition) is 10. The van der Waals surface area contributed by atoms with E-state index in [9.17, 15) is 26.4 Å². The van der Waals surface area contributed by atoms with E-state index in [-0.39, 0.29) is 53.9 Å². The molecule has 0 spiro atoms. The fraction of sp³-hybridized carbons (Fsp3) is 0.143. The number of benzene rings is 7. The van der Waals surface area contributed by atoms with E-state index in [1.165, 1.54) is 27.0 Å². The van der Waals surface area contributed by atoms with E-state index >= 15 is 0 Å². The van der Waals surface area contributed by atoms with Gasteiger partial charge in [0.05, 0.1) is 32.8 Å². The molecule has 0 saturated heterocycles. The summed E-state index contributed by atoms with van der Waals surface area (Å²) in [5, 5.41) is 3.65. The molecule has 0 fully saturated rings. The van der Waals surface area contributed by atoms with Gasteiger partial charge in [0.25, 0.3) is 11.1 Å². The first-order valence-corrected chi connectivity index (χ1v) is 21.2. The standard InChI is InChI=1S/C36H12N4O8S2.3C2H6/c41-35-15-10-22-28-30-24(50(45,46)48-22)12-16-26-14(34-38-18-6-2-4-8-20(18)40(34)36(16)42)11-23-29(32(26)30)27-21(47-49(23,43)44)9-13(25(15)31(27)28)33-37-17-5-1-3-7-19(17)39(33)35;3*1-2/h1-12H;3*1-2H3. The van der Waals surface area contributed by atoms with Crippen molar-refractivity contribution in [2.45, 2.75) is 51.3 Å². The number of fused-ring (bicyclic) bond motifs is 8. The second-order valence-electron chi connectivity index (χ2n) is 12.9. The van der Waals surface area contributed by atoms with Crippen LogP contribution in [-0.2, 0) is 20.2 Å². The topological polar surface area (TPSA) is 155 Å². The van der Waals surface area contributed by atoms with Crippen molar-refractivity contribution in [3.05, 3.63) is 93.5 Å². The van der Waals surface area contributed by atoms with Crippen molar-refractivity contribution >= 4 is 118 Å².